The fourth-order valence-corrected chi connectivity index (χ4v) is 1.24. The number of aliphatic carboxylic acids is 1. The second-order valence-electron chi connectivity index (χ2n) is 4.31. The molecule has 0 aliphatic rings. The molecule has 0 saturated heterocycles. The van der Waals surface area contributed by atoms with Crippen LogP contribution in [0, 0.1) is 5.92 Å². The molecule has 0 heterocycles. The summed E-state index contributed by atoms with van der Waals surface area (Å²) < 4.78 is 10.6. The Morgan fingerprint density at radius 2 is 2.00 bits per heavy atom. The van der Waals surface area contributed by atoms with E-state index >= 15 is 0 Å². The number of carboxylic acid groups (broad SMARTS) is 1. The van der Waals surface area contributed by atoms with Crippen LogP contribution in [0.5, 0.6) is 0 Å². The van der Waals surface area contributed by atoms with Gasteiger partial charge in [-0.3, -0.25) is 0 Å². The molecule has 0 amide bonds. The van der Waals surface area contributed by atoms with Crippen LogP contribution in [0.3, 0.4) is 0 Å². The molecule has 1 atom stereocenters. The summed E-state index contributed by atoms with van der Waals surface area (Å²) in [6.45, 7) is 7.69. The first-order valence-corrected chi connectivity index (χ1v) is 6.00. The summed E-state index contributed by atoms with van der Waals surface area (Å²) >= 11 is 0. The summed E-state index contributed by atoms with van der Waals surface area (Å²) in [4.78, 5) is 10.8. The van der Waals surface area contributed by atoms with Crippen molar-refractivity contribution in [3.63, 3.8) is 0 Å². The van der Waals surface area contributed by atoms with Crippen LogP contribution in [0.1, 0.15) is 40.0 Å². The normalized spacial score (nSPS) is 13.0. The van der Waals surface area contributed by atoms with Crippen LogP contribution in [0.25, 0.3) is 0 Å². The van der Waals surface area contributed by atoms with E-state index in [0.717, 1.165) is 12.8 Å². The van der Waals surface area contributed by atoms with E-state index in [2.05, 4.69) is 13.8 Å². The van der Waals surface area contributed by atoms with Crippen LogP contribution in [0.4, 0.5) is 0 Å². The van der Waals surface area contributed by atoms with E-state index in [9.17, 15) is 4.79 Å². The zero-order valence-electron chi connectivity index (χ0n) is 10.6. The van der Waals surface area contributed by atoms with Crippen LogP contribution in [0.15, 0.2) is 0 Å². The first kappa shape index (κ1) is 15.4. The van der Waals surface area contributed by atoms with Crippen molar-refractivity contribution < 1.29 is 19.4 Å². The number of carbonyl (C=O) groups is 1. The van der Waals surface area contributed by atoms with Gasteiger partial charge in [0.2, 0.25) is 0 Å². The van der Waals surface area contributed by atoms with Crippen LogP contribution in [-0.2, 0) is 14.3 Å². The first-order valence-electron chi connectivity index (χ1n) is 6.00. The van der Waals surface area contributed by atoms with Gasteiger partial charge in [-0.1, -0.05) is 33.6 Å². The maximum atomic E-state index is 10.8. The third-order valence-corrected chi connectivity index (χ3v) is 2.09. The molecule has 1 unspecified atom stereocenters. The molecule has 0 aliphatic carbocycles. The lowest BCUT2D eigenvalue weighted by Gasteiger charge is -2.13. The Morgan fingerprint density at radius 1 is 1.31 bits per heavy atom. The highest BCUT2D eigenvalue weighted by Gasteiger charge is 2.16. The van der Waals surface area contributed by atoms with Crippen molar-refractivity contribution in [1.29, 1.82) is 0 Å². The Labute approximate surface area is 97.9 Å². The smallest absolute Gasteiger partial charge is 0.332 e. The van der Waals surface area contributed by atoms with E-state index in [1.54, 1.807) is 0 Å². The number of unbranched alkanes of at least 4 members (excludes halogenated alkanes) is 1. The molecule has 0 spiro atoms. The molecule has 4 heteroatoms. The Kier molecular flexibility index (Phi) is 9.24. The average Bonchev–Trinajstić information content (AvgIpc) is 2.21. The standard InChI is InChI=1S/C12H24O4/c1-4-5-6-11(12(13)14)16-8-7-15-9-10(2)3/h10-11H,4-9H2,1-3H3,(H,13,14). The van der Waals surface area contributed by atoms with Gasteiger partial charge in [0.25, 0.3) is 0 Å². The summed E-state index contributed by atoms with van der Waals surface area (Å²) in [5.41, 5.74) is 0. The summed E-state index contributed by atoms with van der Waals surface area (Å²) in [7, 11) is 0. The summed E-state index contributed by atoms with van der Waals surface area (Å²) in [5, 5.41) is 8.88. The highest BCUT2D eigenvalue weighted by molar-refractivity contribution is 5.72. The zero-order valence-corrected chi connectivity index (χ0v) is 10.6. The SMILES string of the molecule is CCCCC(OCCOCC(C)C)C(=O)O. The van der Waals surface area contributed by atoms with Crippen LogP contribution < -0.4 is 0 Å². The maximum Gasteiger partial charge on any atom is 0.332 e. The predicted molar refractivity (Wildman–Crippen MR) is 62.6 cm³/mol. The maximum absolute atomic E-state index is 10.8. The third-order valence-electron chi connectivity index (χ3n) is 2.09. The number of hydrogen-bond acceptors (Lipinski definition) is 3. The molecule has 0 aromatic carbocycles. The summed E-state index contributed by atoms with van der Waals surface area (Å²) in [5.74, 6) is -0.382. The lowest BCUT2D eigenvalue weighted by Crippen LogP contribution is -2.25. The van der Waals surface area contributed by atoms with Gasteiger partial charge in [0.05, 0.1) is 13.2 Å². The lowest BCUT2D eigenvalue weighted by atomic mass is 10.1. The summed E-state index contributed by atoms with van der Waals surface area (Å²) in [6.07, 6.45) is 1.76. The third kappa shape index (κ3) is 8.68. The van der Waals surface area contributed by atoms with Gasteiger partial charge in [-0.15, -0.1) is 0 Å². The van der Waals surface area contributed by atoms with Crippen LogP contribution in [0.2, 0.25) is 0 Å². The fourth-order valence-electron chi connectivity index (χ4n) is 1.24. The Balaban J connectivity index is 3.56. The van der Waals surface area contributed by atoms with E-state index in [4.69, 9.17) is 14.6 Å². The Bertz CT molecular complexity index is 180. The van der Waals surface area contributed by atoms with E-state index < -0.39 is 12.1 Å². The molecule has 1 N–H and O–H groups in total. The second-order valence-corrected chi connectivity index (χ2v) is 4.31. The Hall–Kier alpha value is -0.610. The molecule has 0 aromatic rings. The van der Waals surface area contributed by atoms with Crippen molar-refractivity contribution in [1.82, 2.24) is 0 Å². The second kappa shape index (κ2) is 9.60. The van der Waals surface area contributed by atoms with Gasteiger partial charge in [0.1, 0.15) is 0 Å². The number of carboxylic acids is 1. The molecule has 96 valence electrons. The van der Waals surface area contributed by atoms with E-state index in [1.807, 2.05) is 6.92 Å². The van der Waals surface area contributed by atoms with Crippen molar-refractivity contribution in [2.75, 3.05) is 19.8 Å². The van der Waals surface area contributed by atoms with Crippen LogP contribution in [-0.4, -0.2) is 37.0 Å². The Morgan fingerprint density at radius 3 is 2.50 bits per heavy atom. The molecular weight excluding hydrogens is 208 g/mol. The monoisotopic (exact) mass is 232 g/mol. The van der Waals surface area contributed by atoms with Gasteiger partial charge in [-0.05, 0) is 12.3 Å². The van der Waals surface area contributed by atoms with Crippen molar-refractivity contribution in [3.8, 4) is 0 Å². The van der Waals surface area contributed by atoms with Crippen molar-refractivity contribution >= 4 is 5.97 Å². The zero-order chi connectivity index (χ0) is 12.4. The number of ether oxygens (including phenoxy) is 2. The van der Waals surface area contributed by atoms with E-state index in [0.29, 0.717) is 32.2 Å². The molecule has 0 rings (SSSR count). The molecule has 0 aliphatic heterocycles. The molecule has 0 saturated carbocycles. The molecule has 4 nitrogen and oxygen atoms in total. The quantitative estimate of drug-likeness (QED) is 0.587. The molecular formula is C12H24O4. The van der Waals surface area contributed by atoms with Gasteiger partial charge in [0, 0.05) is 6.61 Å². The predicted octanol–water partition coefficient (Wildman–Crippen LogP) is 2.32. The fraction of sp³-hybridized carbons (Fsp3) is 0.917. The van der Waals surface area contributed by atoms with Gasteiger partial charge < -0.3 is 14.6 Å². The minimum atomic E-state index is -0.877. The largest absolute Gasteiger partial charge is 0.479 e. The van der Waals surface area contributed by atoms with Crippen molar-refractivity contribution in [3.05, 3.63) is 0 Å². The molecule has 16 heavy (non-hydrogen) atoms. The molecule has 0 fully saturated rings. The minimum absolute atomic E-state index is 0.355. The van der Waals surface area contributed by atoms with Gasteiger partial charge in [-0.25, -0.2) is 4.79 Å². The molecule has 0 aromatic heterocycles. The number of rotatable bonds is 10. The first-order chi connectivity index (χ1) is 7.57. The van der Waals surface area contributed by atoms with Crippen LogP contribution >= 0.6 is 0 Å². The number of hydrogen-bond donors (Lipinski definition) is 1. The van der Waals surface area contributed by atoms with Crippen molar-refractivity contribution in [2.45, 2.75) is 46.1 Å². The van der Waals surface area contributed by atoms with Crippen molar-refractivity contribution in [2.24, 2.45) is 5.92 Å². The average molecular weight is 232 g/mol. The molecule has 0 bridgehead atoms. The topological polar surface area (TPSA) is 55.8 Å². The van der Waals surface area contributed by atoms with E-state index in [-0.39, 0.29) is 0 Å². The van der Waals surface area contributed by atoms with Gasteiger partial charge in [0.15, 0.2) is 6.10 Å². The highest BCUT2D eigenvalue weighted by Crippen LogP contribution is 2.05. The van der Waals surface area contributed by atoms with Gasteiger partial charge in [-0.2, -0.15) is 0 Å². The summed E-state index contributed by atoms with van der Waals surface area (Å²) in [6, 6.07) is 0. The minimum Gasteiger partial charge on any atom is -0.479 e. The lowest BCUT2D eigenvalue weighted by molar-refractivity contribution is -0.152. The highest BCUT2D eigenvalue weighted by atomic mass is 16.5. The van der Waals surface area contributed by atoms with Gasteiger partial charge >= 0.3 is 5.97 Å². The van der Waals surface area contributed by atoms with E-state index in [1.165, 1.54) is 0 Å². The molecule has 0 radical (unpaired) electrons.